The first kappa shape index (κ1) is 13.8. The monoisotopic (exact) mass is 301 g/mol. The Morgan fingerprint density at radius 2 is 1.90 bits per heavy atom. The first-order valence-corrected chi connectivity index (χ1v) is 7.52. The van der Waals surface area contributed by atoms with Crippen LogP contribution in [0.1, 0.15) is 6.92 Å². The van der Waals surface area contributed by atoms with Crippen LogP contribution in [0.2, 0.25) is 0 Å². The van der Waals surface area contributed by atoms with Crippen LogP contribution in [0.3, 0.4) is 0 Å². The number of ether oxygens (including phenoxy) is 2. The smallest absolute Gasteiger partial charge is 0.237 e. The van der Waals surface area contributed by atoms with E-state index >= 15 is 0 Å². The van der Waals surface area contributed by atoms with E-state index in [4.69, 9.17) is 9.47 Å². The summed E-state index contributed by atoms with van der Waals surface area (Å²) in [7, 11) is 0. The molecule has 5 heteroatoms. The van der Waals surface area contributed by atoms with Gasteiger partial charge in [0.15, 0.2) is 11.5 Å². The summed E-state index contributed by atoms with van der Waals surface area (Å²) in [6.45, 7) is 2.12. The van der Waals surface area contributed by atoms with E-state index in [1.807, 2.05) is 43.3 Å². The molecule has 0 aliphatic carbocycles. The predicted octanol–water partition coefficient (Wildman–Crippen LogP) is 3.53. The fourth-order valence-electron chi connectivity index (χ4n) is 1.97. The molecule has 2 aromatic carbocycles. The highest BCUT2D eigenvalue weighted by molar-refractivity contribution is 8.00. The second kappa shape index (κ2) is 6.10. The third-order valence-electron chi connectivity index (χ3n) is 3.07. The molecule has 0 spiro atoms. The quantitative estimate of drug-likeness (QED) is 0.878. The normalized spacial score (nSPS) is 13.8. The van der Waals surface area contributed by atoms with Gasteiger partial charge in [-0.2, -0.15) is 0 Å². The number of thioether (sulfide) groups is 1. The van der Waals surface area contributed by atoms with E-state index in [-0.39, 0.29) is 18.0 Å². The molecule has 1 aliphatic heterocycles. The fraction of sp³-hybridized carbons (Fsp3) is 0.188. The lowest BCUT2D eigenvalue weighted by atomic mass is 10.2. The van der Waals surface area contributed by atoms with Gasteiger partial charge in [0.1, 0.15) is 0 Å². The molecule has 0 radical (unpaired) electrons. The van der Waals surface area contributed by atoms with E-state index in [0.717, 1.165) is 4.90 Å². The minimum absolute atomic E-state index is 0.0391. The van der Waals surface area contributed by atoms with E-state index in [2.05, 4.69) is 5.32 Å². The molecular weight excluding hydrogens is 286 g/mol. The molecular formula is C16H15NO3S. The number of anilines is 1. The van der Waals surface area contributed by atoms with Crippen LogP contribution < -0.4 is 14.8 Å². The first-order chi connectivity index (χ1) is 10.2. The SMILES string of the molecule is C[C@@H](Sc1ccccc1)C(=O)Nc1ccc2c(c1)OCO2. The summed E-state index contributed by atoms with van der Waals surface area (Å²) in [5.74, 6) is 1.33. The maximum absolute atomic E-state index is 12.2. The van der Waals surface area contributed by atoms with Crippen LogP contribution >= 0.6 is 11.8 Å². The van der Waals surface area contributed by atoms with Crippen LogP contribution in [-0.2, 0) is 4.79 Å². The molecule has 0 aromatic heterocycles. The summed E-state index contributed by atoms with van der Waals surface area (Å²) in [6.07, 6.45) is 0. The van der Waals surface area contributed by atoms with Gasteiger partial charge in [-0.15, -0.1) is 11.8 Å². The van der Waals surface area contributed by atoms with Gasteiger partial charge < -0.3 is 14.8 Å². The molecule has 1 aliphatic rings. The van der Waals surface area contributed by atoms with Gasteiger partial charge >= 0.3 is 0 Å². The second-order valence-corrected chi connectivity index (χ2v) is 6.04. The molecule has 4 nitrogen and oxygen atoms in total. The maximum atomic E-state index is 12.2. The zero-order chi connectivity index (χ0) is 14.7. The minimum atomic E-state index is -0.183. The van der Waals surface area contributed by atoms with Crippen molar-refractivity contribution in [3.05, 3.63) is 48.5 Å². The number of carbonyl (C=O) groups excluding carboxylic acids is 1. The largest absolute Gasteiger partial charge is 0.454 e. The van der Waals surface area contributed by atoms with Crippen LogP contribution in [0.15, 0.2) is 53.4 Å². The molecule has 1 amide bonds. The Bertz CT molecular complexity index is 645. The molecule has 0 bridgehead atoms. The van der Waals surface area contributed by atoms with Crippen LogP contribution in [0, 0.1) is 0 Å². The summed E-state index contributed by atoms with van der Waals surface area (Å²) in [5, 5.41) is 2.71. The molecule has 0 unspecified atom stereocenters. The summed E-state index contributed by atoms with van der Waals surface area (Å²) in [5.41, 5.74) is 0.713. The van der Waals surface area contributed by atoms with Crippen molar-refractivity contribution in [2.24, 2.45) is 0 Å². The lowest BCUT2D eigenvalue weighted by Crippen LogP contribution is -2.22. The van der Waals surface area contributed by atoms with Crippen LogP contribution in [0.5, 0.6) is 11.5 Å². The number of benzene rings is 2. The molecule has 21 heavy (non-hydrogen) atoms. The van der Waals surface area contributed by atoms with Gasteiger partial charge in [0, 0.05) is 16.6 Å². The highest BCUT2D eigenvalue weighted by Gasteiger charge is 2.17. The van der Waals surface area contributed by atoms with Crippen molar-refractivity contribution in [3.8, 4) is 11.5 Å². The fourth-order valence-corrected chi connectivity index (χ4v) is 2.86. The Labute approximate surface area is 127 Å². The standard InChI is InChI=1S/C16H15NO3S/c1-11(21-13-5-3-2-4-6-13)16(18)17-12-7-8-14-15(9-12)20-10-19-14/h2-9,11H,10H2,1H3,(H,17,18)/t11-/m1/s1. The summed E-state index contributed by atoms with van der Waals surface area (Å²) in [4.78, 5) is 13.3. The van der Waals surface area contributed by atoms with Crippen molar-refractivity contribution in [1.82, 2.24) is 0 Å². The van der Waals surface area contributed by atoms with Crippen molar-refractivity contribution in [2.45, 2.75) is 17.1 Å². The molecule has 3 rings (SSSR count). The number of nitrogens with one attached hydrogen (secondary N) is 1. The third kappa shape index (κ3) is 3.31. The maximum Gasteiger partial charge on any atom is 0.237 e. The lowest BCUT2D eigenvalue weighted by Gasteiger charge is -2.12. The minimum Gasteiger partial charge on any atom is -0.454 e. The molecule has 2 aromatic rings. The Balaban J connectivity index is 1.63. The lowest BCUT2D eigenvalue weighted by molar-refractivity contribution is -0.115. The molecule has 1 N–H and O–H groups in total. The van der Waals surface area contributed by atoms with Crippen molar-refractivity contribution in [1.29, 1.82) is 0 Å². The summed E-state index contributed by atoms with van der Waals surface area (Å²) in [6, 6.07) is 15.3. The highest BCUT2D eigenvalue weighted by Crippen LogP contribution is 2.34. The number of rotatable bonds is 4. The molecule has 108 valence electrons. The highest BCUT2D eigenvalue weighted by atomic mass is 32.2. The van der Waals surface area contributed by atoms with Gasteiger partial charge in [0.2, 0.25) is 12.7 Å². The topological polar surface area (TPSA) is 47.6 Å². The Hall–Kier alpha value is -2.14. The van der Waals surface area contributed by atoms with Crippen LogP contribution in [-0.4, -0.2) is 18.0 Å². The summed E-state index contributed by atoms with van der Waals surface area (Å²) >= 11 is 1.53. The van der Waals surface area contributed by atoms with Crippen LogP contribution in [0.4, 0.5) is 5.69 Å². The van der Waals surface area contributed by atoms with Gasteiger partial charge in [0.25, 0.3) is 0 Å². The Morgan fingerprint density at radius 3 is 2.71 bits per heavy atom. The molecule has 0 fully saturated rings. The van der Waals surface area contributed by atoms with Crippen molar-refractivity contribution in [2.75, 3.05) is 12.1 Å². The van der Waals surface area contributed by atoms with E-state index in [9.17, 15) is 4.79 Å². The number of carbonyl (C=O) groups is 1. The number of hydrogen-bond donors (Lipinski definition) is 1. The van der Waals surface area contributed by atoms with Gasteiger partial charge in [-0.1, -0.05) is 18.2 Å². The third-order valence-corrected chi connectivity index (χ3v) is 4.18. The van der Waals surface area contributed by atoms with Crippen LogP contribution in [0.25, 0.3) is 0 Å². The van der Waals surface area contributed by atoms with Crippen molar-refractivity contribution < 1.29 is 14.3 Å². The number of amides is 1. The Morgan fingerprint density at radius 1 is 1.14 bits per heavy atom. The van der Waals surface area contributed by atoms with E-state index in [1.165, 1.54) is 11.8 Å². The van der Waals surface area contributed by atoms with Crippen molar-refractivity contribution in [3.63, 3.8) is 0 Å². The molecule has 1 atom stereocenters. The zero-order valence-corrected chi connectivity index (χ0v) is 12.4. The second-order valence-electron chi connectivity index (χ2n) is 4.63. The molecule has 0 saturated heterocycles. The molecule has 0 saturated carbocycles. The van der Waals surface area contributed by atoms with Gasteiger partial charge in [0.05, 0.1) is 5.25 Å². The first-order valence-electron chi connectivity index (χ1n) is 6.64. The van der Waals surface area contributed by atoms with E-state index < -0.39 is 0 Å². The predicted molar refractivity (Wildman–Crippen MR) is 83.0 cm³/mol. The van der Waals surface area contributed by atoms with Gasteiger partial charge in [-0.25, -0.2) is 0 Å². The van der Waals surface area contributed by atoms with Gasteiger partial charge in [-0.3, -0.25) is 4.79 Å². The summed E-state index contributed by atoms with van der Waals surface area (Å²) < 4.78 is 10.5. The zero-order valence-electron chi connectivity index (χ0n) is 11.5. The Kier molecular flexibility index (Phi) is 4.01. The van der Waals surface area contributed by atoms with E-state index in [1.54, 1.807) is 12.1 Å². The average molecular weight is 301 g/mol. The van der Waals surface area contributed by atoms with Crippen molar-refractivity contribution >= 4 is 23.4 Å². The average Bonchev–Trinajstić information content (AvgIpc) is 2.95. The number of fused-ring (bicyclic) bond motifs is 1. The van der Waals surface area contributed by atoms with Gasteiger partial charge in [-0.05, 0) is 31.2 Å². The van der Waals surface area contributed by atoms with E-state index in [0.29, 0.717) is 17.2 Å². The molecule has 1 heterocycles. The number of hydrogen-bond acceptors (Lipinski definition) is 4.